The molecule has 0 saturated carbocycles. The summed E-state index contributed by atoms with van der Waals surface area (Å²) >= 11 is -2.12. The van der Waals surface area contributed by atoms with Crippen molar-refractivity contribution < 1.29 is 8.76 Å². The van der Waals surface area contributed by atoms with Gasteiger partial charge in [-0.2, -0.15) is 0 Å². The quantitative estimate of drug-likeness (QED) is 0.648. The molecule has 0 heterocycles. The molecule has 0 saturated heterocycles. The van der Waals surface area contributed by atoms with E-state index in [1.54, 1.807) is 18.2 Å². The van der Waals surface area contributed by atoms with Crippen LogP contribution in [-0.4, -0.2) is 8.76 Å². The molecular weight excluding hydrogens is 184 g/mol. The summed E-state index contributed by atoms with van der Waals surface area (Å²) in [5.74, 6) is 0. The minimum atomic E-state index is -2.12. The van der Waals surface area contributed by atoms with Crippen molar-refractivity contribution >= 4 is 11.1 Å². The molecular formula is C10H13O2S-. The second-order valence-electron chi connectivity index (χ2n) is 4.01. The van der Waals surface area contributed by atoms with E-state index < -0.39 is 11.1 Å². The van der Waals surface area contributed by atoms with Crippen LogP contribution in [0, 0.1) is 0 Å². The third kappa shape index (κ3) is 2.64. The van der Waals surface area contributed by atoms with Crippen LogP contribution in [0.25, 0.3) is 0 Å². The van der Waals surface area contributed by atoms with Gasteiger partial charge >= 0.3 is 0 Å². The van der Waals surface area contributed by atoms with Crippen molar-refractivity contribution in [2.24, 2.45) is 0 Å². The van der Waals surface area contributed by atoms with Crippen LogP contribution in [0.5, 0.6) is 0 Å². The van der Waals surface area contributed by atoms with E-state index in [2.05, 4.69) is 20.8 Å². The Labute approximate surface area is 81.3 Å². The standard InChI is InChI=1S/C10H14O2S/c1-10(2,3)8-5-4-6-9(7-8)13(11)12/h4-7H,1-3H3,(H,11,12)/p-1. The van der Waals surface area contributed by atoms with Crippen molar-refractivity contribution in [3.8, 4) is 0 Å². The fourth-order valence-electron chi connectivity index (χ4n) is 1.07. The zero-order valence-electron chi connectivity index (χ0n) is 8.03. The van der Waals surface area contributed by atoms with E-state index in [0.717, 1.165) is 5.56 Å². The van der Waals surface area contributed by atoms with E-state index in [-0.39, 0.29) is 5.41 Å². The van der Waals surface area contributed by atoms with Gasteiger partial charge in [-0.25, -0.2) is 0 Å². The average molecular weight is 197 g/mol. The van der Waals surface area contributed by atoms with E-state index in [1.807, 2.05) is 6.07 Å². The van der Waals surface area contributed by atoms with E-state index in [0.29, 0.717) is 4.90 Å². The Morgan fingerprint density at radius 1 is 1.31 bits per heavy atom. The Kier molecular flexibility index (Phi) is 2.88. The molecule has 1 unspecified atom stereocenters. The zero-order valence-corrected chi connectivity index (χ0v) is 8.85. The first-order chi connectivity index (χ1) is 5.91. The maximum absolute atomic E-state index is 10.7. The Morgan fingerprint density at radius 3 is 2.38 bits per heavy atom. The molecule has 0 bridgehead atoms. The SMILES string of the molecule is CC(C)(C)c1cccc(S(=O)[O-])c1. The highest BCUT2D eigenvalue weighted by Gasteiger charge is 2.13. The molecule has 1 aromatic carbocycles. The van der Waals surface area contributed by atoms with Gasteiger partial charge in [0.25, 0.3) is 0 Å². The summed E-state index contributed by atoms with van der Waals surface area (Å²) in [6.45, 7) is 6.17. The number of hydrogen-bond donors (Lipinski definition) is 0. The van der Waals surface area contributed by atoms with Gasteiger partial charge in [0.1, 0.15) is 0 Å². The Morgan fingerprint density at radius 2 is 1.92 bits per heavy atom. The van der Waals surface area contributed by atoms with Crippen LogP contribution in [0.3, 0.4) is 0 Å². The van der Waals surface area contributed by atoms with Gasteiger partial charge in [-0.05, 0) is 34.2 Å². The van der Waals surface area contributed by atoms with E-state index in [9.17, 15) is 8.76 Å². The molecule has 0 radical (unpaired) electrons. The van der Waals surface area contributed by atoms with Crippen molar-refractivity contribution in [2.45, 2.75) is 31.1 Å². The van der Waals surface area contributed by atoms with Crippen LogP contribution < -0.4 is 0 Å². The van der Waals surface area contributed by atoms with Gasteiger partial charge in [-0.3, -0.25) is 4.21 Å². The largest absolute Gasteiger partial charge is 0.768 e. The molecule has 0 spiro atoms. The molecule has 0 aliphatic carbocycles. The maximum atomic E-state index is 10.7. The lowest BCUT2D eigenvalue weighted by Crippen LogP contribution is -2.11. The highest BCUT2D eigenvalue weighted by atomic mass is 32.2. The zero-order chi connectivity index (χ0) is 10.1. The molecule has 1 rings (SSSR count). The predicted molar refractivity (Wildman–Crippen MR) is 52.3 cm³/mol. The van der Waals surface area contributed by atoms with Gasteiger partial charge in [0.15, 0.2) is 0 Å². The van der Waals surface area contributed by atoms with E-state index in [4.69, 9.17) is 0 Å². The molecule has 1 atom stereocenters. The van der Waals surface area contributed by atoms with Crippen molar-refractivity contribution in [1.82, 2.24) is 0 Å². The summed E-state index contributed by atoms with van der Waals surface area (Å²) in [4.78, 5) is 0.354. The summed E-state index contributed by atoms with van der Waals surface area (Å²) in [6, 6.07) is 7.02. The second kappa shape index (κ2) is 3.60. The van der Waals surface area contributed by atoms with Crippen LogP contribution >= 0.6 is 0 Å². The summed E-state index contributed by atoms with van der Waals surface area (Å²) in [6.07, 6.45) is 0. The van der Waals surface area contributed by atoms with Crippen LogP contribution in [0.4, 0.5) is 0 Å². The van der Waals surface area contributed by atoms with Gasteiger partial charge < -0.3 is 4.55 Å². The van der Waals surface area contributed by atoms with Gasteiger partial charge in [0.2, 0.25) is 0 Å². The van der Waals surface area contributed by atoms with Crippen LogP contribution in [0.15, 0.2) is 29.2 Å². The van der Waals surface area contributed by atoms with E-state index >= 15 is 0 Å². The number of benzene rings is 1. The molecule has 0 amide bonds. The molecule has 0 aromatic heterocycles. The summed E-state index contributed by atoms with van der Waals surface area (Å²) in [5.41, 5.74) is 1.03. The molecule has 72 valence electrons. The van der Waals surface area contributed by atoms with Gasteiger partial charge in [0, 0.05) is 4.90 Å². The summed E-state index contributed by atoms with van der Waals surface area (Å²) in [7, 11) is 0. The Bertz CT molecular complexity index is 326. The Hall–Kier alpha value is -0.670. The van der Waals surface area contributed by atoms with Gasteiger partial charge in [0.05, 0.1) is 0 Å². The summed E-state index contributed by atoms with van der Waals surface area (Å²) in [5, 5.41) is 0. The first-order valence-corrected chi connectivity index (χ1v) is 5.18. The molecule has 1 aromatic rings. The van der Waals surface area contributed by atoms with Crippen LogP contribution in [0.2, 0.25) is 0 Å². The summed E-state index contributed by atoms with van der Waals surface area (Å²) < 4.78 is 21.4. The van der Waals surface area contributed by atoms with Gasteiger partial charge in [-0.1, -0.05) is 32.9 Å². The third-order valence-electron chi connectivity index (χ3n) is 1.89. The molecule has 3 heteroatoms. The lowest BCUT2D eigenvalue weighted by molar-refractivity contribution is 0.536. The monoisotopic (exact) mass is 197 g/mol. The first kappa shape index (κ1) is 10.4. The number of hydrogen-bond acceptors (Lipinski definition) is 2. The first-order valence-electron chi connectivity index (χ1n) is 4.11. The molecule has 0 N–H and O–H groups in total. The molecule has 13 heavy (non-hydrogen) atoms. The van der Waals surface area contributed by atoms with Crippen molar-refractivity contribution in [1.29, 1.82) is 0 Å². The van der Waals surface area contributed by atoms with Crippen molar-refractivity contribution in [3.63, 3.8) is 0 Å². The van der Waals surface area contributed by atoms with Crippen molar-refractivity contribution in [2.75, 3.05) is 0 Å². The molecule has 0 fully saturated rings. The highest BCUT2D eigenvalue weighted by molar-refractivity contribution is 7.79. The minimum absolute atomic E-state index is 0.00458. The smallest absolute Gasteiger partial charge is 0.0251 e. The lowest BCUT2D eigenvalue weighted by atomic mass is 9.87. The third-order valence-corrected chi connectivity index (χ3v) is 2.53. The lowest BCUT2D eigenvalue weighted by Gasteiger charge is -2.20. The van der Waals surface area contributed by atoms with Crippen LogP contribution in [0.1, 0.15) is 26.3 Å². The normalized spacial score (nSPS) is 14.2. The fraction of sp³-hybridized carbons (Fsp3) is 0.400. The molecule has 0 aliphatic heterocycles. The Balaban J connectivity index is 3.13. The minimum Gasteiger partial charge on any atom is -0.768 e. The molecule has 0 aliphatic rings. The average Bonchev–Trinajstić information content (AvgIpc) is 2.03. The fourth-order valence-corrected chi connectivity index (χ4v) is 1.48. The highest BCUT2D eigenvalue weighted by Crippen LogP contribution is 2.23. The van der Waals surface area contributed by atoms with Crippen molar-refractivity contribution in [3.05, 3.63) is 29.8 Å². The van der Waals surface area contributed by atoms with Crippen LogP contribution in [-0.2, 0) is 16.5 Å². The number of rotatable bonds is 1. The predicted octanol–water partition coefficient (Wildman–Crippen LogP) is 2.22. The second-order valence-corrected chi connectivity index (χ2v) is 4.95. The van der Waals surface area contributed by atoms with Gasteiger partial charge in [-0.15, -0.1) is 0 Å². The topological polar surface area (TPSA) is 40.1 Å². The van der Waals surface area contributed by atoms with E-state index in [1.165, 1.54) is 0 Å². The molecule has 2 nitrogen and oxygen atoms in total. The maximum Gasteiger partial charge on any atom is 0.0251 e.